The molecule has 138 valence electrons. The van der Waals surface area contributed by atoms with E-state index in [0.29, 0.717) is 32.9 Å². The first-order chi connectivity index (χ1) is 12.5. The summed E-state index contributed by atoms with van der Waals surface area (Å²) in [6, 6.07) is 12.1. The van der Waals surface area contributed by atoms with Gasteiger partial charge >= 0.3 is 6.09 Å². The number of benzene rings is 2. The first-order valence-electron chi connectivity index (χ1n) is 7.81. The van der Waals surface area contributed by atoms with Crippen molar-refractivity contribution in [2.75, 3.05) is 20.3 Å². The van der Waals surface area contributed by atoms with Crippen LogP contribution in [0.25, 0.3) is 0 Å². The normalized spacial score (nSPS) is 19.5. The van der Waals surface area contributed by atoms with Gasteiger partial charge in [0.1, 0.15) is 18.5 Å². The molecule has 8 heteroatoms. The Morgan fingerprint density at radius 2 is 1.88 bits per heavy atom. The van der Waals surface area contributed by atoms with E-state index in [1.807, 2.05) is 0 Å². The molecule has 2 aromatic carbocycles. The van der Waals surface area contributed by atoms with Crippen LogP contribution in [-0.2, 0) is 9.47 Å². The van der Waals surface area contributed by atoms with Crippen molar-refractivity contribution in [2.24, 2.45) is 0 Å². The monoisotopic (exact) mass is 415 g/mol. The van der Waals surface area contributed by atoms with Gasteiger partial charge in [0.15, 0.2) is 6.23 Å². The minimum absolute atomic E-state index is 0.271. The van der Waals surface area contributed by atoms with Crippen LogP contribution in [0, 0.1) is 0 Å². The summed E-state index contributed by atoms with van der Waals surface area (Å²) in [7, 11) is 1.33. The van der Waals surface area contributed by atoms with E-state index in [0.717, 1.165) is 0 Å². The Kier molecular flexibility index (Phi) is 6.14. The van der Waals surface area contributed by atoms with Gasteiger partial charge in [-0.15, -0.1) is 0 Å². The van der Waals surface area contributed by atoms with E-state index in [2.05, 4.69) is 0 Å². The molecule has 0 spiro atoms. The van der Waals surface area contributed by atoms with E-state index >= 15 is 0 Å². The summed E-state index contributed by atoms with van der Waals surface area (Å²) < 4.78 is 16.6. The predicted molar refractivity (Wildman–Crippen MR) is 100 cm³/mol. The summed E-state index contributed by atoms with van der Waals surface area (Å²) in [5.74, 6) is 0.667. The summed E-state index contributed by atoms with van der Waals surface area (Å²) in [4.78, 5) is 13.6. The fourth-order valence-corrected chi connectivity index (χ4v) is 3.07. The number of nitrogens with zero attached hydrogens (tertiary/aromatic N) is 1. The van der Waals surface area contributed by atoms with Gasteiger partial charge in [-0.1, -0.05) is 40.9 Å². The number of halogens is 3. The van der Waals surface area contributed by atoms with Gasteiger partial charge in [-0.2, -0.15) is 0 Å². The lowest BCUT2D eigenvalue weighted by atomic mass is 10.2. The molecule has 0 saturated carbocycles. The number of carbonyl (C=O) groups excluding carboxylic acids is 1. The van der Waals surface area contributed by atoms with Crippen LogP contribution in [0.5, 0.6) is 5.75 Å². The molecule has 5 nitrogen and oxygen atoms in total. The lowest BCUT2D eigenvalue weighted by Crippen LogP contribution is -2.32. The maximum Gasteiger partial charge on any atom is 0.411 e. The average molecular weight is 417 g/mol. The fraction of sp³-hybridized carbons (Fsp3) is 0.278. The third kappa shape index (κ3) is 4.35. The summed E-state index contributed by atoms with van der Waals surface area (Å²) in [6.45, 7) is 0.595. The van der Waals surface area contributed by atoms with Crippen LogP contribution in [0.15, 0.2) is 42.5 Å². The van der Waals surface area contributed by atoms with Gasteiger partial charge in [0.25, 0.3) is 0 Å². The van der Waals surface area contributed by atoms with E-state index in [-0.39, 0.29) is 12.7 Å². The number of carbonyl (C=O) groups is 1. The minimum atomic E-state index is -0.629. The van der Waals surface area contributed by atoms with E-state index in [1.165, 1.54) is 12.0 Å². The first kappa shape index (κ1) is 19.1. The lowest BCUT2D eigenvalue weighted by Gasteiger charge is -2.22. The molecule has 1 aliphatic rings. The molecule has 0 aromatic heterocycles. The zero-order chi connectivity index (χ0) is 18.7. The summed E-state index contributed by atoms with van der Waals surface area (Å²) in [6.07, 6.45) is -1.45. The van der Waals surface area contributed by atoms with Crippen molar-refractivity contribution in [1.29, 1.82) is 0 Å². The summed E-state index contributed by atoms with van der Waals surface area (Å²) in [5, 5.41) is 1.45. The van der Waals surface area contributed by atoms with Crippen molar-refractivity contribution in [3.8, 4) is 5.75 Å². The molecule has 2 atom stereocenters. The number of ether oxygens (including phenoxy) is 3. The highest BCUT2D eigenvalue weighted by Gasteiger charge is 2.38. The summed E-state index contributed by atoms with van der Waals surface area (Å²) >= 11 is 17.9. The van der Waals surface area contributed by atoms with Crippen LogP contribution in [0.4, 0.5) is 4.79 Å². The highest BCUT2D eigenvalue weighted by molar-refractivity contribution is 6.42. The molecular formula is C18H16Cl3NO4. The van der Waals surface area contributed by atoms with E-state index < -0.39 is 12.3 Å². The van der Waals surface area contributed by atoms with Crippen LogP contribution < -0.4 is 4.74 Å². The third-order valence-corrected chi connectivity index (χ3v) is 4.88. The second-order valence-corrected chi connectivity index (χ2v) is 6.92. The van der Waals surface area contributed by atoms with Crippen molar-refractivity contribution in [2.45, 2.75) is 12.3 Å². The minimum Gasteiger partial charge on any atom is -0.491 e. The van der Waals surface area contributed by atoms with Gasteiger partial charge in [0.2, 0.25) is 0 Å². The van der Waals surface area contributed by atoms with Gasteiger partial charge in [-0.25, -0.2) is 4.79 Å². The van der Waals surface area contributed by atoms with Gasteiger partial charge in [0, 0.05) is 10.6 Å². The number of hydrogen-bond donors (Lipinski definition) is 0. The molecule has 1 fully saturated rings. The largest absolute Gasteiger partial charge is 0.491 e. The van der Waals surface area contributed by atoms with Gasteiger partial charge in [0.05, 0.1) is 23.7 Å². The van der Waals surface area contributed by atoms with E-state index in [4.69, 9.17) is 49.0 Å². The van der Waals surface area contributed by atoms with Crippen molar-refractivity contribution in [3.63, 3.8) is 0 Å². The standard InChI is InChI=1S/C18H16Cl3NO4/c1-24-18(23)22-9-14(10-25-13-5-3-12(19)4-6-13)26-17(22)11-2-7-15(20)16(21)8-11/h2-8,14,17H,9-10H2,1H3/t14-,17+/m0/s1. The lowest BCUT2D eigenvalue weighted by molar-refractivity contribution is -0.0136. The number of hydrogen-bond acceptors (Lipinski definition) is 4. The number of amides is 1. The Morgan fingerprint density at radius 1 is 1.15 bits per heavy atom. The third-order valence-electron chi connectivity index (χ3n) is 3.89. The molecule has 0 bridgehead atoms. The van der Waals surface area contributed by atoms with Crippen molar-refractivity contribution in [3.05, 3.63) is 63.1 Å². The molecule has 1 aliphatic heterocycles. The molecule has 0 aliphatic carbocycles. The van der Waals surface area contributed by atoms with Gasteiger partial charge in [-0.05, 0) is 36.4 Å². The maximum atomic E-state index is 12.1. The Morgan fingerprint density at radius 3 is 2.54 bits per heavy atom. The maximum absolute atomic E-state index is 12.1. The first-order valence-corrected chi connectivity index (χ1v) is 8.94. The highest BCUT2D eigenvalue weighted by atomic mass is 35.5. The Balaban J connectivity index is 1.72. The fourth-order valence-electron chi connectivity index (χ4n) is 2.64. The molecule has 1 amide bonds. The Hall–Kier alpha value is -1.66. The van der Waals surface area contributed by atoms with E-state index in [9.17, 15) is 4.79 Å². The van der Waals surface area contributed by atoms with Crippen LogP contribution in [-0.4, -0.2) is 37.4 Å². The molecule has 2 aromatic rings. The zero-order valence-corrected chi connectivity index (χ0v) is 16.1. The summed E-state index contributed by atoms with van der Waals surface area (Å²) in [5.41, 5.74) is 0.707. The smallest absolute Gasteiger partial charge is 0.411 e. The topological polar surface area (TPSA) is 48.0 Å². The van der Waals surface area contributed by atoms with Crippen molar-refractivity contribution >= 4 is 40.9 Å². The molecule has 1 heterocycles. The van der Waals surface area contributed by atoms with Crippen LogP contribution >= 0.6 is 34.8 Å². The second kappa shape index (κ2) is 8.35. The molecule has 0 unspecified atom stereocenters. The van der Waals surface area contributed by atoms with Crippen LogP contribution in [0.1, 0.15) is 11.8 Å². The Labute approximate surface area is 166 Å². The van der Waals surface area contributed by atoms with Gasteiger partial charge in [-0.3, -0.25) is 4.90 Å². The predicted octanol–water partition coefficient (Wildman–Crippen LogP) is 5.19. The molecule has 3 rings (SSSR count). The number of rotatable bonds is 4. The Bertz CT molecular complexity index is 785. The van der Waals surface area contributed by atoms with Crippen molar-refractivity contribution < 1.29 is 19.0 Å². The van der Waals surface area contributed by atoms with Gasteiger partial charge < -0.3 is 14.2 Å². The van der Waals surface area contributed by atoms with Crippen molar-refractivity contribution in [1.82, 2.24) is 4.90 Å². The highest BCUT2D eigenvalue weighted by Crippen LogP contribution is 2.34. The van der Waals surface area contributed by atoms with Crippen LogP contribution in [0.2, 0.25) is 15.1 Å². The molecule has 0 radical (unpaired) electrons. The van der Waals surface area contributed by atoms with Crippen LogP contribution in [0.3, 0.4) is 0 Å². The quantitative estimate of drug-likeness (QED) is 0.688. The number of methoxy groups -OCH3 is 1. The zero-order valence-electron chi connectivity index (χ0n) is 13.8. The SMILES string of the molecule is COC(=O)N1C[C@@H](COc2ccc(Cl)cc2)O[C@@H]1c1ccc(Cl)c(Cl)c1. The molecule has 0 N–H and O–H groups in total. The molecule has 1 saturated heterocycles. The van der Waals surface area contributed by atoms with E-state index in [1.54, 1.807) is 42.5 Å². The second-order valence-electron chi connectivity index (χ2n) is 5.67. The average Bonchev–Trinajstić information content (AvgIpc) is 3.07. The molecule has 26 heavy (non-hydrogen) atoms. The molecular weight excluding hydrogens is 401 g/mol.